The van der Waals surface area contributed by atoms with Crippen molar-refractivity contribution in [3.8, 4) is 0 Å². The van der Waals surface area contributed by atoms with Crippen molar-refractivity contribution in [2.75, 3.05) is 0 Å². The van der Waals surface area contributed by atoms with Crippen molar-refractivity contribution in [2.45, 2.75) is 0 Å². The second-order valence-electron chi connectivity index (χ2n) is 0.990. The van der Waals surface area contributed by atoms with Gasteiger partial charge in [-0.25, -0.2) is 0 Å². The molecule has 17 heteroatoms. The topological polar surface area (TPSA) is 189 Å². The maximum Gasteiger partial charge on any atom is 2.00 e. The summed E-state index contributed by atoms with van der Waals surface area (Å²) in [6.07, 6.45) is 0. The molecule has 0 heterocycles. The molecule has 0 aliphatic carbocycles. The van der Waals surface area contributed by atoms with Crippen molar-refractivity contribution in [1.29, 1.82) is 0 Å². The molecular weight excluding hydrogens is 325 g/mol. The van der Waals surface area contributed by atoms with E-state index in [1.54, 1.807) is 0 Å². The molecule has 0 radical (unpaired) electrons. The number of hydrogen-bond acceptors (Lipinski definition) is 0. The van der Waals surface area contributed by atoms with E-state index >= 15 is 0 Å². The third-order valence-corrected chi connectivity index (χ3v) is 0. The molecule has 0 saturated heterocycles. The molecule has 0 unspecified atom stereocenters. The molecule has 0 amide bonds. The molecule has 0 aliphatic heterocycles. The second kappa shape index (κ2) is 24.9. The molecule has 0 aromatic carbocycles. The summed E-state index contributed by atoms with van der Waals surface area (Å²) in [6, 6.07) is 0. The van der Waals surface area contributed by atoms with Gasteiger partial charge in [0.25, 0.3) is 0 Å². The fraction of sp³-hybridized carbons (Fsp3) is 0. The molecule has 0 aliphatic rings. The Kier molecular flexibility index (Phi) is 101. The van der Waals surface area contributed by atoms with E-state index < -0.39 is 14.5 Å². The first-order valence-electron chi connectivity index (χ1n) is 1.75. The van der Waals surface area contributed by atoms with E-state index in [1.165, 1.54) is 0 Å². The van der Waals surface area contributed by atoms with Crippen LogP contribution in [-0.4, -0.2) is 47.4 Å². The van der Waals surface area contributed by atoms with E-state index in [9.17, 15) is 34.5 Å². The van der Waals surface area contributed by atoms with Crippen LogP contribution in [0.2, 0.25) is 0 Å². The molecule has 0 aromatic heterocycles. The first-order valence-corrected chi connectivity index (χ1v) is 1.75. The van der Waals surface area contributed by atoms with Crippen LogP contribution in [0.5, 0.6) is 0 Å². The Labute approximate surface area is 99.9 Å². The predicted molar refractivity (Wildman–Crippen MR) is 42.1 cm³/mol. The summed E-state index contributed by atoms with van der Waals surface area (Å²) >= 11 is 0. The van der Waals surface area contributed by atoms with Gasteiger partial charge in [-0.1, -0.05) is 0 Å². The molecule has 0 saturated carbocycles. The van der Waals surface area contributed by atoms with Crippen molar-refractivity contribution in [3.63, 3.8) is 0 Å². The van der Waals surface area contributed by atoms with Crippen molar-refractivity contribution in [2.24, 2.45) is 0 Å². The van der Waals surface area contributed by atoms with Gasteiger partial charge in [-0.2, -0.15) is 0 Å². The van der Waals surface area contributed by atoms with Gasteiger partial charge >= 0.3 is 31.6 Å². The Balaban J connectivity index is -0.00000000762. The molecule has 6 nitrogen and oxygen atoms in total. The SMILES string of the molecule is F[B-](F)(F)F.F[B-](F)(F)F.O.O.O.O.O.O.[Fe+2]. The normalized spacial score (nSPS) is 7.06. The van der Waals surface area contributed by atoms with Gasteiger partial charge in [-0.05, 0) is 0 Å². The van der Waals surface area contributed by atoms with Gasteiger partial charge < -0.3 is 67.4 Å². The van der Waals surface area contributed by atoms with E-state index in [1.807, 2.05) is 0 Å². The van der Waals surface area contributed by atoms with Crippen LogP contribution in [0, 0.1) is 0 Å². The van der Waals surface area contributed by atoms with E-state index in [2.05, 4.69) is 0 Å². The molecule has 0 spiro atoms. The number of hydrogen-bond donors (Lipinski definition) is 0. The molecule has 118 valence electrons. The maximum absolute atomic E-state index is 9.75. The number of rotatable bonds is 0. The molecule has 0 atom stereocenters. The fourth-order valence-electron chi connectivity index (χ4n) is 0. The van der Waals surface area contributed by atoms with Crippen LogP contribution in [0.1, 0.15) is 0 Å². The van der Waals surface area contributed by atoms with Crippen molar-refractivity contribution in [3.05, 3.63) is 0 Å². The van der Waals surface area contributed by atoms with Gasteiger partial charge in [0.2, 0.25) is 0 Å². The average molecular weight is 338 g/mol. The molecule has 12 N–H and O–H groups in total. The summed E-state index contributed by atoms with van der Waals surface area (Å²) in [6.45, 7) is 0. The Hall–Kier alpha value is -0.151. The molecule has 0 bridgehead atoms. The van der Waals surface area contributed by atoms with Crippen molar-refractivity contribution in [1.82, 2.24) is 0 Å². The second-order valence-corrected chi connectivity index (χ2v) is 0.990. The maximum atomic E-state index is 9.75. The smallest absolute Gasteiger partial charge is 0.418 e. The zero-order valence-corrected chi connectivity index (χ0v) is 8.64. The van der Waals surface area contributed by atoms with Gasteiger partial charge in [-0.15, -0.1) is 0 Å². The average Bonchev–Trinajstić information content (AvgIpc) is 1.12. The molecule has 0 aromatic rings. The minimum atomic E-state index is -6.00. The summed E-state index contributed by atoms with van der Waals surface area (Å²) in [5, 5.41) is 0. The first kappa shape index (κ1) is 68.7. The molecular formula is H12B2F8FeO6. The summed E-state index contributed by atoms with van der Waals surface area (Å²) in [5.41, 5.74) is 0. The van der Waals surface area contributed by atoms with Crippen LogP contribution >= 0.6 is 0 Å². The summed E-state index contributed by atoms with van der Waals surface area (Å²) < 4.78 is 78.0. The van der Waals surface area contributed by atoms with Gasteiger partial charge in [0.05, 0.1) is 0 Å². The molecule has 17 heavy (non-hydrogen) atoms. The van der Waals surface area contributed by atoms with Crippen molar-refractivity contribution >= 4 is 14.5 Å². The van der Waals surface area contributed by atoms with Crippen LogP contribution in [0.4, 0.5) is 34.5 Å². The van der Waals surface area contributed by atoms with Crippen LogP contribution in [0.3, 0.4) is 0 Å². The van der Waals surface area contributed by atoms with Crippen LogP contribution < -0.4 is 0 Å². The minimum Gasteiger partial charge on any atom is -0.418 e. The quantitative estimate of drug-likeness (QED) is 0.338. The first-order chi connectivity index (χ1) is 4.00. The minimum absolute atomic E-state index is 0. The van der Waals surface area contributed by atoms with Crippen LogP contribution in [0.25, 0.3) is 0 Å². The van der Waals surface area contributed by atoms with Gasteiger partial charge in [-0.3, -0.25) is 0 Å². The summed E-state index contributed by atoms with van der Waals surface area (Å²) in [7, 11) is -12.0. The Morgan fingerprint density at radius 2 is 0.353 bits per heavy atom. The van der Waals surface area contributed by atoms with E-state index in [4.69, 9.17) is 0 Å². The Morgan fingerprint density at radius 3 is 0.353 bits per heavy atom. The zero-order valence-electron chi connectivity index (χ0n) is 7.53. The van der Waals surface area contributed by atoms with E-state index in [-0.39, 0.29) is 49.9 Å². The van der Waals surface area contributed by atoms with Crippen LogP contribution in [-0.2, 0) is 17.1 Å². The standard InChI is InChI=1S/2BF4.Fe.6H2O/c2*2-1(3,4)5;;;;;;;/h;;;6*1H2/q2*-1;+2;;;;;;. The molecule has 0 fully saturated rings. The third kappa shape index (κ3) is 134000. The summed E-state index contributed by atoms with van der Waals surface area (Å²) in [4.78, 5) is 0. The van der Waals surface area contributed by atoms with Crippen molar-refractivity contribution < 1.29 is 84.5 Å². The largest absolute Gasteiger partial charge is 2.00 e. The predicted octanol–water partition coefficient (Wildman–Crippen LogP) is -2.35. The Morgan fingerprint density at radius 1 is 0.353 bits per heavy atom. The Bertz CT molecular complexity index is 71.0. The molecule has 0 rings (SSSR count). The summed E-state index contributed by atoms with van der Waals surface area (Å²) in [5.74, 6) is 0. The van der Waals surface area contributed by atoms with Crippen LogP contribution in [0.15, 0.2) is 0 Å². The van der Waals surface area contributed by atoms with Gasteiger partial charge in [0, 0.05) is 0 Å². The zero-order chi connectivity index (χ0) is 9.00. The monoisotopic (exact) mass is 338 g/mol. The van der Waals surface area contributed by atoms with Gasteiger partial charge in [0.1, 0.15) is 0 Å². The van der Waals surface area contributed by atoms with Gasteiger partial charge in [0.15, 0.2) is 0 Å². The van der Waals surface area contributed by atoms with E-state index in [0.29, 0.717) is 0 Å². The van der Waals surface area contributed by atoms with E-state index in [0.717, 1.165) is 0 Å². The fourth-order valence-corrected chi connectivity index (χ4v) is 0. The third-order valence-electron chi connectivity index (χ3n) is 0. The number of halogens is 8.